The van der Waals surface area contributed by atoms with E-state index in [-0.39, 0.29) is 19.0 Å². The molecule has 0 radical (unpaired) electrons. The summed E-state index contributed by atoms with van der Waals surface area (Å²) < 4.78 is 27.8. The summed E-state index contributed by atoms with van der Waals surface area (Å²) in [5.41, 5.74) is 7.27. The predicted octanol–water partition coefficient (Wildman–Crippen LogP) is 5.68. The van der Waals surface area contributed by atoms with E-state index in [9.17, 15) is 13.2 Å². The fraction of sp³-hybridized carbons (Fsp3) is 0.333. The van der Waals surface area contributed by atoms with Gasteiger partial charge in [-0.1, -0.05) is 55.8 Å². The minimum atomic E-state index is -3.65. The Bertz CT molecular complexity index is 1590. The van der Waals surface area contributed by atoms with E-state index in [1.165, 1.54) is 15.3 Å². The summed E-state index contributed by atoms with van der Waals surface area (Å²) in [6, 6.07) is 20.6. The lowest BCUT2D eigenvalue weighted by Crippen LogP contribution is -2.50. The Morgan fingerprint density at radius 3 is 2.27 bits per heavy atom. The first-order valence-electron chi connectivity index (χ1n) is 14.2. The number of anilines is 1. The molecule has 1 saturated heterocycles. The lowest BCUT2D eigenvalue weighted by Gasteiger charge is -2.34. The number of hydrogen-bond acceptors (Lipinski definition) is 5. The highest BCUT2D eigenvalue weighted by Crippen LogP contribution is 2.33. The van der Waals surface area contributed by atoms with Crippen molar-refractivity contribution in [1.29, 1.82) is 0 Å². The van der Waals surface area contributed by atoms with Crippen LogP contribution in [0.1, 0.15) is 54.0 Å². The molecule has 5 rings (SSSR count). The van der Waals surface area contributed by atoms with Crippen LogP contribution >= 0.6 is 0 Å². The molecule has 0 atom stereocenters. The van der Waals surface area contributed by atoms with E-state index in [4.69, 9.17) is 4.99 Å². The van der Waals surface area contributed by atoms with E-state index in [1.807, 2.05) is 51.2 Å². The minimum Gasteiger partial charge on any atom is -0.388 e. The van der Waals surface area contributed by atoms with E-state index in [0.29, 0.717) is 18.7 Å². The van der Waals surface area contributed by atoms with Crippen molar-refractivity contribution in [2.45, 2.75) is 52.0 Å². The maximum atomic E-state index is 13.2. The first-order valence-corrected chi connectivity index (χ1v) is 15.7. The smallest absolute Gasteiger partial charge is 0.253 e. The Hall–Kier alpha value is -3.75. The quantitative estimate of drug-likeness (QED) is 0.365. The van der Waals surface area contributed by atoms with Crippen LogP contribution in [0.4, 0.5) is 5.69 Å². The van der Waals surface area contributed by atoms with E-state index >= 15 is 0 Å². The van der Waals surface area contributed by atoms with Crippen molar-refractivity contribution in [2.75, 3.05) is 25.5 Å². The van der Waals surface area contributed by atoms with Crippen molar-refractivity contribution < 1.29 is 13.2 Å². The van der Waals surface area contributed by atoms with Gasteiger partial charge in [-0.05, 0) is 90.8 Å². The van der Waals surface area contributed by atoms with E-state index in [1.54, 1.807) is 6.08 Å². The third-order valence-corrected chi connectivity index (χ3v) is 9.71. The number of aryl methyl sites for hydroxylation is 3. The van der Waals surface area contributed by atoms with Crippen LogP contribution in [0.15, 0.2) is 71.1 Å². The molecule has 1 fully saturated rings. The van der Waals surface area contributed by atoms with Crippen molar-refractivity contribution in [2.24, 2.45) is 4.99 Å². The highest BCUT2D eigenvalue weighted by molar-refractivity contribution is 7.92. The maximum absolute atomic E-state index is 13.2. The van der Waals surface area contributed by atoms with Gasteiger partial charge in [0.05, 0.1) is 0 Å². The van der Waals surface area contributed by atoms with Crippen LogP contribution in [0.5, 0.6) is 0 Å². The number of benzene rings is 3. The Kier molecular flexibility index (Phi) is 8.16. The van der Waals surface area contributed by atoms with Crippen LogP contribution in [0, 0.1) is 13.8 Å². The van der Waals surface area contributed by atoms with Gasteiger partial charge in [-0.25, -0.2) is 8.42 Å². The van der Waals surface area contributed by atoms with Gasteiger partial charge in [0.15, 0.2) is 0 Å². The van der Waals surface area contributed by atoms with Gasteiger partial charge in [0.2, 0.25) is 10.0 Å². The molecule has 0 aliphatic carbocycles. The average Bonchev–Trinajstić information content (AvgIpc) is 3.28. The first-order chi connectivity index (χ1) is 19.6. The minimum absolute atomic E-state index is 0.162. The zero-order valence-corrected chi connectivity index (χ0v) is 25.0. The van der Waals surface area contributed by atoms with E-state index in [0.717, 1.165) is 51.9 Å². The van der Waals surface area contributed by atoms with Crippen molar-refractivity contribution in [3.05, 3.63) is 93.9 Å². The number of nitrogens with zero attached hydrogens (tertiary/aromatic N) is 2. The summed E-state index contributed by atoms with van der Waals surface area (Å²) in [5.74, 6) is 0.386. The summed E-state index contributed by atoms with van der Waals surface area (Å²) in [6.45, 7) is 6.58. The van der Waals surface area contributed by atoms with Gasteiger partial charge in [0.1, 0.15) is 11.4 Å². The van der Waals surface area contributed by atoms with Crippen molar-refractivity contribution >= 4 is 33.5 Å². The van der Waals surface area contributed by atoms with Crippen LogP contribution in [0.25, 0.3) is 17.2 Å². The third kappa shape index (κ3) is 5.99. The third-order valence-electron chi connectivity index (χ3n) is 8.14. The number of amidine groups is 1. The van der Waals surface area contributed by atoms with Crippen LogP contribution in [0.3, 0.4) is 0 Å². The molecule has 0 unspecified atom stereocenters. The second-order valence-corrected chi connectivity index (χ2v) is 12.8. The van der Waals surface area contributed by atoms with Gasteiger partial charge in [0, 0.05) is 36.8 Å². The summed E-state index contributed by atoms with van der Waals surface area (Å²) in [6.07, 6.45) is 4.52. The lowest BCUT2D eigenvalue weighted by atomic mass is 9.89. The van der Waals surface area contributed by atoms with Gasteiger partial charge in [-0.15, -0.1) is 0 Å². The fourth-order valence-corrected chi connectivity index (χ4v) is 6.90. The number of aliphatic imine (C=N–C) groups is 1. The molecule has 0 bridgehead atoms. The van der Waals surface area contributed by atoms with E-state index < -0.39 is 15.6 Å². The highest BCUT2D eigenvalue weighted by Gasteiger charge is 2.47. The predicted molar refractivity (Wildman–Crippen MR) is 168 cm³/mol. The van der Waals surface area contributed by atoms with Crippen molar-refractivity contribution in [3.8, 4) is 11.1 Å². The molecule has 3 aromatic rings. The molecule has 2 heterocycles. The van der Waals surface area contributed by atoms with Gasteiger partial charge >= 0.3 is 0 Å². The number of carbonyl (C=O) groups is 1. The number of hydrogen-bond donors (Lipinski definition) is 2. The van der Waals surface area contributed by atoms with Gasteiger partial charge < -0.3 is 10.6 Å². The molecule has 2 N–H and O–H groups in total. The molecule has 214 valence electrons. The van der Waals surface area contributed by atoms with Crippen LogP contribution in [0.2, 0.25) is 0 Å². The standard InChI is InChI=1S/C33H38N4O3S/c1-5-7-25-10-12-26(13-11-25)27-8-6-9-28(22-27)31-35-32(38)33(36-31)15-17-37(18-16-33)41(39,40)19-14-30-23(2)20-29(34-4)21-24(30)3/h6,8-14,19-22,34H,5,7,15-18H2,1-4H3,(H,35,36,38)/b19-14+. The fourth-order valence-electron chi connectivity index (χ4n) is 5.72. The van der Waals surface area contributed by atoms with Crippen molar-refractivity contribution in [3.63, 3.8) is 0 Å². The zero-order valence-electron chi connectivity index (χ0n) is 24.2. The number of carbonyl (C=O) groups excluding carboxylic acids is 1. The second-order valence-electron chi connectivity index (χ2n) is 11.0. The van der Waals surface area contributed by atoms with E-state index in [2.05, 4.69) is 47.9 Å². The molecule has 1 amide bonds. The number of rotatable bonds is 8. The molecule has 1 spiro atoms. The average molecular weight is 571 g/mol. The molecule has 0 saturated carbocycles. The summed E-state index contributed by atoms with van der Waals surface area (Å²) in [4.78, 5) is 18.0. The number of nitrogens with one attached hydrogen (secondary N) is 2. The van der Waals surface area contributed by atoms with Crippen LogP contribution < -0.4 is 10.6 Å². The van der Waals surface area contributed by atoms with Crippen LogP contribution in [-0.2, 0) is 21.2 Å². The monoisotopic (exact) mass is 570 g/mol. The van der Waals surface area contributed by atoms with Gasteiger partial charge in [-0.2, -0.15) is 4.31 Å². The Balaban J connectivity index is 1.30. The molecule has 8 heteroatoms. The summed E-state index contributed by atoms with van der Waals surface area (Å²) >= 11 is 0. The first kappa shape index (κ1) is 28.8. The number of sulfonamides is 1. The molecule has 7 nitrogen and oxygen atoms in total. The topological polar surface area (TPSA) is 90.9 Å². The van der Waals surface area contributed by atoms with Crippen LogP contribution in [-0.4, -0.2) is 50.1 Å². The summed E-state index contributed by atoms with van der Waals surface area (Å²) in [7, 11) is -1.79. The molecular weight excluding hydrogens is 532 g/mol. The largest absolute Gasteiger partial charge is 0.388 e. The maximum Gasteiger partial charge on any atom is 0.253 e. The Morgan fingerprint density at radius 2 is 1.63 bits per heavy atom. The molecule has 3 aromatic carbocycles. The van der Waals surface area contributed by atoms with Gasteiger partial charge in [-0.3, -0.25) is 9.79 Å². The summed E-state index contributed by atoms with van der Waals surface area (Å²) in [5, 5.41) is 7.38. The SMILES string of the molecule is CCCc1ccc(-c2cccc(C3=NC4(CCN(S(=O)(=O)/C=C/c5c(C)cc(NC)cc5C)CC4)C(=O)N3)c2)cc1. The normalized spacial score (nSPS) is 17.2. The lowest BCUT2D eigenvalue weighted by molar-refractivity contribution is -0.124. The van der Waals surface area contributed by atoms with Crippen molar-refractivity contribution in [1.82, 2.24) is 9.62 Å². The van der Waals surface area contributed by atoms with Gasteiger partial charge in [0.25, 0.3) is 5.91 Å². The molecule has 41 heavy (non-hydrogen) atoms. The zero-order chi connectivity index (χ0) is 29.2. The molecule has 2 aliphatic heterocycles. The highest BCUT2D eigenvalue weighted by atomic mass is 32.2. The number of amides is 1. The Morgan fingerprint density at radius 1 is 0.976 bits per heavy atom. The Labute approximate surface area is 243 Å². The second kappa shape index (κ2) is 11.6. The molecular formula is C33H38N4O3S. The molecule has 0 aromatic heterocycles. The number of piperidine rings is 1. The molecule has 2 aliphatic rings.